The lowest BCUT2D eigenvalue weighted by Crippen LogP contribution is -2.12. The van der Waals surface area contributed by atoms with Crippen LogP contribution in [0.2, 0.25) is 0 Å². The first kappa shape index (κ1) is 27.2. The van der Waals surface area contributed by atoms with Gasteiger partial charge in [0, 0.05) is 33.8 Å². The Kier molecular flexibility index (Phi) is 6.50. The van der Waals surface area contributed by atoms with Crippen LogP contribution >= 0.6 is 11.3 Å². The summed E-state index contributed by atoms with van der Waals surface area (Å²) in [5.41, 5.74) is 10.8. The zero-order valence-corrected chi connectivity index (χ0v) is 25.6. The van der Waals surface area contributed by atoms with Crippen LogP contribution < -0.4 is 0 Å². The van der Waals surface area contributed by atoms with Crippen molar-refractivity contribution in [1.82, 2.24) is 9.97 Å². The standard InChI is InChI=1S/C37H36N2OS/c1-22-15-16-38-33-29(22)20-26(37(5,6)7)21-30(33)23-17-24(19-25(18-23)36(2,3)4)35-39-34-28(12-10-14-32(34)41-35)27-11-8-9-13-31(27)40/h8-21,40H,1-7H3. The Bertz CT molecular complexity index is 1940. The summed E-state index contributed by atoms with van der Waals surface area (Å²) in [7, 11) is 0. The molecule has 0 bridgehead atoms. The van der Waals surface area contributed by atoms with Crippen molar-refractivity contribution in [2.45, 2.75) is 59.3 Å². The predicted molar refractivity (Wildman–Crippen MR) is 175 cm³/mol. The normalized spacial score (nSPS) is 12.4. The summed E-state index contributed by atoms with van der Waals surface area (Å²) in [5, 5.41) is 12.8. The number of nitrogens with zero attached hydrogens (tertiary/aromatic N) is 2. The SMILES string of the molecule is Cc1ccnc2c(-c3cc(-c4nc5c(-c6ccccc6O)cccc5s4)cc(C(C)(C)C)c3)cc(C(C)(C)C)cc12. The van der Waals surface area contributed by atoms with Crippen LogP contribution in [-0.4, -0.2) is 15.1 Å². The van der Waals surface area contributed by atoms with E-state index in [0.717, 1.165) is 48.6 Å². The molecule has 206 valence electrons. The number of fused-ring (bicyclic) bond motifs is 2. The molecule has 41 heavy (non-hydrogen) atoms. The number of rotatable bonds is 3. The number of hydrogen-bond donors (Lipinski definition) is 1. The molecule has 4 aromatic carbocycles. The largest absolute Gasteiger partial charge is 0.507 e. The molecule has 0 aliphatic carbocycles. The Hall–Kier alpha value is -4.02. The Morgan fingerprint density at radius 3 is 2.07 bits per heavy atom. The van der Waals surface area contributed by atoms with E-state index in [0.29, 0.717) is 0 Å². The highest BCUT2D eigenvalue weighted by molar-refractivity contribution is 7.21. The van der Waals surface area contributed by atoms with Gasteiger partial charge in [-0.25, -0.2) is 4.98 Å². The Balaban J connectivity index is 1.61. The first-order valence-corrected chi connectivity index (χ1v) is 15.0. The maximum absolute atomic E-state index is 10.6. The van der Waals surface area contributed by atoms with Crippen LogP contribution in [-0.2, 0) is 10.8 Å². The molecule has 4 heteroatoms. The van der Waals surface area contributed by atoms with Crippen molar-refractivity contribution in [3.8, 4) is 38.6 Å². The molecule has 6 aromatic rings. The molecule has 3 nitrogen and oxygen atoms in total. The van der Waals surface area contributed by atoms with E-state index in [1.165, 1.54) is 22.1 Å². The minimum atomic E-state index is -0.0524. The fraction of sp³-hybridized carbons (Fsp3) is 0.243. The fourth-order valence-corrected chi connectivity index (χ4v) is 6.35. The first-order valence-electron chi connectivity index (χ1n) is 14.1. The Morgan fingerprint density at radius 2 is 1.34 bits per heavy atom. The van der Waals surface area contributed by atoms with Gasteiger partial charge >= 0.3 is 0 Å². The summed E-state index contributed by atoms with van der Waals surface area (Å²) in [5.74, 6) is 0.264. The van der Waals surface area contributed by atoms with Crippen LogP contribution in [0.4, 0.5) is 0 Å². The third-order valence-electron chi connectivity index (χ3n) is 7.90. The molecule has 2 aromatic heterocycles. The summed E-state index contributed by atoms with van der Waals surface area (Å²) in [4.78, 5) is 10.1. The molecule has 2 heterocycles. The van der Waals surface area contributed by atoms with Gasteiger partial charge < -0.3 is 5.11 Å². The number of aromatic nitrogens is 2. The van der Waals surface area contributed by atoms with Crippen molar-refractivity contribution >= 4 is 32.5 Å². The maximum atomic E-state index is 10.6. The smallest absolute Gasteiger partial charge is 0.124 e. The molecule has 0 fully saturated rings. The average molecular weight is 557 g/mol. The topological polar surface area (TPSA) is 46.0 Å². The van der Waals surface area contributed by atoms with E-state index >= 15 is 0 Å². The van der Waals surface area contributed by atoms with Crippen LogP contribution in [0.15, 0.2) is 85.1 Å². The van der Waals surface area contributed by atoms with E-state index in [9.17, 15) is 5.11 Å². The Morgan fingerprint density at radius 1 is 0.659 bits per heavy atom. The molecule has 0 radical (unpaired) electrons. The molecule has 0 amide bonds. The van der Waals surface area contributed by atoms with Gasteiger partial charge in [0.2, 0.25) is 0 Å². The number of hydrogen-bond acceptors (Lipinski definition) is 4. The van der Waals surface area contributed by atoms with E-state index in [2.05, 4.69) is 90.9 Å². The molecule has 0 unspecified atom stereocenters. The molecule has 0 spiro atoms. The van der Waals surface area contributed by atoms with E-state index in [4.69, 9.17) is 9.97 Å². The van der Waals surface area contributed by atoms with Crippen molar-refractivity contribution in [3.05, 3.63) is 102 Å². The summed E-state index contributed by atoms with van der Waals surface area (Å²) >= 11 is 1.69. The second kappa shape index (κ2) is 9.81. The van der Waals surface area contributed by atoms with Crippen LogP contribution in [0.5, 0.6) is 5.75 Å². The van der Waals surface area contributed by atoms with Crippen molar-refractivity contribution in [2.75, 3.05) is 0 Å². The highest BCUT2D eigenvalue weighted by Gasteiger charge is 2.22. The van der Waals surface area contributed by atoms with Crippen molar-refractivity contribution in [3.63, 3.8) is 0 Å². The number of aromatic hydroxyl groups is 1. The summed E-state index contributed by atoms with van der Waals surface area (Å²) in [6.07, 6.45) is 1.92. The maximum Gasteiger partial charge on any atom is 0.124 e. The molecular weight excluding hydrogens is 520 g/mol. The van der Waals surface area contributed by atoms with Gasteiger partial charge in [-0.3, -0.25) is 4.98 Å². The summed E-state index contributed by atoms with van der Waals surface area (Å²) < 4.78 is 1.10. The number of benzene rings is 4. The minimum Gasteiger partial charge on any atom is -0.507 e. The molecular formula is C37H36N2OS. The van der Waals surface area contributed by atoms with Crippen LogP contribution in [0.25, 0.3) is 53.9 Å². The first-order chi connectivity index (χ1) is 19.4. The number of aryl methyl sites for hydroxylation is 1. The van der Waals surface area contributed by atoms with E-state index in [1.54, 1.807) is 17.4 Å². The molecule has 0 atom stereocenters. The molecule has 0 saturated carbocycles. The molecule has 0 saturated heterocycles. The fourth-order valence-electron chi connectivity index (χ4n) is 5.37. The van der Waals surface area contributed by atoms with Gasteiger partial charge in [-0.2, -0.15) is 0 Å². The van der Waals surface area contributed by atoms with Crippen LogP contribution in [0.3, 0.4) is 0 Å². The lowest BCUT2D eigenvalue weighted by molar-refractivity contribution is 0.477. The minimum absolute atomic E-state index is 0.00210. The lowest BCUT2D eigenvalue weighted by Gasteiger charge is -2.24. The number of phenolic OH excluding ortho intramolecular Hbond substituents is 1. The Labute approximate surface area is 246 Å². The highest BCUT2D eigenvalue weighted by atomic mass is 32.1. The molecule has 0 aliphatic rings. The van der Waals surface area contributed by atoms with Crippen LogP contribution in [0.1, 0.15) is 58.2 Å². The number of thiazole rings is 1. The summed E-state index contributed by atoms with van der Waals surface area (Å²) in [6.45, 7) is 15.8. The van der Waals surface area contributed by atoms with Crippen LogP contribution in [0, 0.1) is 6.92 Å². The van der Waals surface area contributed by atoms with E-state index in [-0.39, 0.29) is 16.6 Å². The molecule has 1 N–H and O–H groups in total. The van der Waals surface area contributed by atoms with Gasteiger partial charge in [0.1, 0.15) is 10.8 Å². The lowest BCUT2D eigenvalue weighted by atomic mass is 9.81. The number of phenols is 1. The highest BCUT2D eigenvalue weighted by Crippen LogP contribution is 2.42. The molecule has 6 rings (SSSR count). The second-order valence-corrected chi connectivity index (χ2v) is 14.1. The quantitative estimate of drug-likeness (QED) is 0.236. The summed E-state index contributed by atoms with van der Waals surface area (Å²) in [6, 6.07) is 27.3. The van der Waals surface area contributed by atoms with Crippen molar-refractivity contribution in [2.24, 2.45) is 0 Å². The van der Waals surface area contributed by atoms with Crippen molar-refractivity contribution < 1.29 is 5.11 Å². The predicted octanol–water partition coefficient (Wildman–Crippen LogP) is 10.5. The van der Waals surface area contributed by atoms with Gasteiger partial charge in [0.15, 0.2) is 0 Å². The number of para-hydroxylation sites is 2. The second-order valence-electron chi connectivity index (χ2n) is 13.0. The monoisotopic (exact) mass is 556 g/mol. The zero-order chi connectivity index (χ0) is 29.1. The van der Waals surface area contributed by atoms with Gasteiger partial charge in [-0.1, -0.05) is 77.9 Å². The van der Waals surface area contributed by atoms with Gasteiger partial charge in [0.05, 0.1) is 15.7 Å². The van der Waals surface area contributed by atoms with E-state index < -0.39 is 0 Å². The van der Waals surface area contributed by atoms with E-state index in [1.807, 2.05) is 36.5 Å². The van der Waals surface area contributed by atoms with Gasteiger partial charge in [-0.05, 0) is 82.5 Å². The number of pyridine rings is 1. The van der Waals surface area contributed by atoms with Gasteiger partial charge in [-0.15, -0.1) is 11.3 Å². The average Bonchev–Trinajstić information content (AvgIpc) is 3.37. The molecule has 0 aliphatic heterocycles. The third kappa shape index (κ3) is 5.02. The van der Waals surface area contributed by atoms with Gasteiger partial charge in [0.25, 0.3) is 0 Å². The zero-order valence-electron chi connectivity index (χ0n) is 24.8. The third-order valence-corrected chi connectivity index (χ3v) is 8.97. The van der Waals surface area contributed by atoms with Crippen molar-refractivity contribution in [1.29, 1.82) is 0 Å².